The monoisotopic (exact) mass is 494 g/mol. The van der Waals surface area contributed by atoms with E-state index in [9.17, 15) is 19.7 Å². The molecule has 0 radical (unpaired) electrons. The molecule has 0 saturated heterocycles. The zero-order valence-electron chi connectivity index (χ0n) is 19.8. The van der Waals surface area contributed by atoms with Crippen LogP contribution < -0.4 is 10.6 Å². The van der Waals surface area contributed by atoms with Crippen LogP contribution in [0.4, 0.5) is 17.1 Å². The highest BCUT2D eigenvalue weighted by Gasteiger charge is 2.36. The topological polar surface area (TPSA) is 142 Å². The van der Waals surface area contributed by atoms with Crippen LogP contribution in [-0.2, 0) is 16.1 Å². The Kier molecular flexibility index (Phi) is 6.29. The van der Waals surface area contributed by atoms with Crippen LogP contribution in [0, 0.1) is 10.1 Å². The van der Waals surface area contributed by atoms with E-state index < -0.39 is 10.8 Å². The number of carbonyl (C=O) groups is 2. The van der Waals surface area contributed by atoms with Crippen LogP contribution in [0.1, 0.15) is 29.5 Å². The number of rotatable bonds is 7. The van der Waals surface area contributed by atoms with Gasteiger partial charge in [-0.25, -0.2) is 4.98 Å². The van der Waals surface area contributed by atoms with Gasteiger partial charge in [0, 0.05) is 36.9 Å². The maximum absolute atomic E-state index is 13.2. The third kappa shape index (κ3) is 4.98. The van der Waals surface area contributed by atoms with E-state index in [2.05, 4.69) is 20.6 Å². The van der Waals surface area contributed by atoms with Crippen LogP contribution in [0.15, 0.2) is 84.2 Å². The Morgan fingerprint density at radius 2 is 1.86 bits per heavy atom. The van der Waals surface area contributed by atoms with Gasteiger partial charge >= 0.3 is 0 Å². The standard InChI is InChI=1S/C27H22N6O4/c1-16(34)29-13-17-2-4-19(5-3-17)26(31-20-8-6-18(7-9-20)24-14-28-15-30-24)25-22-12-21(33(36)37)10-11-23(22)32-27(25)35/h2-12,14-15,25H,13H2,1H3,(H,28,30)(H,29,34)(H,32,35). The quantitative estimate of drug-likeness (QED) is 0.197. The first kappa shape index (κ1) is 23.6. The molecule has 2 amide bonds. The molecule has 3 N–H and O–H groups in total. The Bertz CT molecular complexity index is 1510. The number of hydrogen-bond acceptors (Lipinski definition) is 6. The lowest BCUT2D eigenvalue weighted by molar-refractivity contribution is -0.384. The third-order valence-electron chi connectivity index (χ3n) is 6.07. The van der Waals surface area contributed by atoms with Crippen molar-refractivity contribution < 1.29 is 14.5 Å². The molecule has 3 aromatic carbocycles. The Morgan fingerprint density at radius 3 is 2.51 bits per heavy atom. The van der Waals surface area contributed by atoms with Crippen molar-refractivity contribution in [2.24, 2.45) is 4.99 Å². The molecule has 0 saturated carbocycles. The molecule has 10 nitrogen and oxygen atoms in total. The summed E-state index contributed by atoms with van der Waals surface area (Å²) >= 11 is 0. The molecule has 1 atom stereocenters. The number of aromatic amines is 1. The van der Waals surface area contributed by atoms with E-state index in [0.717, 1.165) is 16.8 Å². The molecule has 0 aliphatic carbocycles. The van der Waals surface area contributed by atoms with E-state index in [4.69, 9.17) is 4.99 Å². The summed E-state index contributed by atoms with van der Waals surface area (Å²) in [5, 5.41) is 17.0. The van der Waals surface area contributed by atoms with Gasteiger partial charge in [-0.05, 0) is 34.9 Å². The summed E-state index contributed by atoms with van der Waals surface area (Å²) in [4.78, 5) is 47.3. The van der Waals surface area contributed by atoms with Crippen molar-refractivity contribution in [3.63, 3.8) is 0 Å². The van der Waals surface area contributed by atoms with E-state index in [-0.39, 0.29) is 17.5 Å². The van der Waals surface area contributed by atoms with Gasteiger partial charge in [0.05, 0.1) is 34.5 Å². The number of nitro groups is 1. The molecule has 1 aliphatic heterocycles. The molecule has 184 valence electrons. The number of hydrogen-bond donors (Lipinski definition) is 3. The van der Waals surface area contributed by atoms with Gasteiger partial charge in [-0.15, -0.1) is 0 Å². The first-order valence-electron chi connectivity index (χ1n) is 11.5. The van der Waals surface area contributed by atoms with Gasteiger partial charge in [-0.1, -0.05) is 36.4 Å². The number of fused-ring (bicyclic) bond motifs is 1. The summed E-state index contributed by atoms with van der Waals surface area (Å²) in [6.45, 7) is 1.82. The number of anilines is 1. The summed E-state index contributed by atoms with van der Waals surface area (Å²) in [6.07, 6.45) is 3.32. The van der Waals surface area contributed by atoms with Crippen molar-refractivity contribution in [1.29, 1.82) is 0 Å². The number of imidazole rings is 1. The first-order valence-corrected chi connectivity index (χ1v) is 11.5. The molecule has 10 heteroatoms. The third-order valence-corrected chi connectivity index (χ3v) is 6.07. The molecule has 5 rings (SSSR count). The second-order valence-electron chi connectivity index (χ2n) is 8.57. The second kappa shape index (κ2) is 9.86. The number of aliphatic imine (C=N–C) groups is 1. The second-order valence-corrected chi connectivity index (χ2v) is 8.57. The Hall–Kier alpha value is -5.12. The molecule has 4 aromatic rings. The van der Waals surface area contributed by atoms with Gasteiger partial charge in [-0.3, -0.25) is 24.7 Å². The maximum Gasteiger partial charge on any atom is 0.269 e. The highest BCUT2D eigenvalue weighted by molar-refractivity contribution is 6.24. The van der Waals surface area contributed by atoms with Crippen molar-refractivity contribution in [3.05, 3.63) is 106 Å². The lowest BCUT2D eigenvalue weighted by Crippen LogP contribution is -2.22. The minimum absolute atomic E-state index is 0.103. The fourth-order valence-electron chi connectivity index (χ4n) is 4.22. The van der Waals surface area contributed by atoms with E-state index in [1.165, 1.54) is 19.1 Å². The van der Waals surface area contributed by atoms with Crippen molar-refractivity contribution in [2.45, 2.75) is 19.4 Å². The fourth-order valence-corrected chi connectivity index (χ4v) is 4.22. The maximum atomic E-state index is 13.2. The minimum Gasteiger partial charge on any atom is -0.352 e. The summed E-state index contributed by atoms with van der Waals surface area (Å²) < 4.78 is 0. The Balaban J connectivity index is 1.57. The Morgan fingerprint density at radius 1 is 1.11 bits per heavy atom. The molecule has 1 aliphatic rings. The first-order chi connectivity index (χ1) is 17.9. The minimum atomic E-state index is -0.844. The van der Waals surface area contributed by atoms with E-state index in [1.54, 1.807) is 18.6 Å². The SMILES string of the molecule is CC(=O)NCc1ccc(C(=Nc2ccc(-c3cnc[nH]3)cc2)C2C(=O)Nc3ccc([N+](=O)[O-])cc32)cc1. The van der Waals surface area contributed by atoms with Crippen LogP contribution >= 0.6 is 0 Å². The molecule has 0 bridgehead atoms. The molecule has 1 aromatic heterocycles. The van der Waals surface area contributed by atoms with Crippen molar-refractivity contribution >= 4 is 34.6 Å². The van der Waals surface area contributed by atoms with Crippen LogP contribution in [0.3, 0.4) is 0 Å². The summed E-state index contributed by atoms with van der Waals surface area (Å²) in [6, 6.07) is 19.1. The van der Waals surface area contributed by atoms with Gasteiger partial charge in [0.1, 0.15) is 5.92 Å². The fraction of sp³-hybridized carbons (Fsp3) is 0.111. The molecule has 37 heavy (non-hydrogen) atoms. The number of nitro benzene ring substituents is 1. The lowest BCUT2D eigenvalue weighted by Gasteiger charge is -2.15. The predicted molar refractivity (Wildman–Crippen MR) is 139 cm³/mol. The highest BCUT2D eigenvalue weighted by Crippen LogP contribution is 2.38. The number of benzene rings is 3. The van der Waals surface area contributed by atoms with E-state index in [1.807, 2.05) is 48.5 Å². The van der Waals surface area contributed by atoms with E-state index in [0.29, 0.717) is 34.8 Å². The molecule has 2 heterocycles. The van der Waals surface area contributed by atoms with Crippen molar-refractivity contribution in [1.82, 2.24) is 15.3 Å². The smallest absolute Gasteiger partial charge is 0.269 e. The number of H-pyrrole nitrogens is 1. The average molecular weight is 495 g/mol. The van der Waals surface area contributed by atoms with E-state index >= 15 is 0 Å². The molecule has 1 unspecified atom stereocenters. The zero-order chi connectivity index (χ0) is 25.9. The molecular formula is C27H22N6O4. The number of nitrogens with zero attached hydrogens (tertiary/aromatic N) is 3. The number of aromatic nitrogens is 2. The number of amides is 2. The molecule has 0 spiro atoms. The normalized spacial score (nSPS) is 14.7. The van der Waals surface area contributed by atoms with Crippen LogP contribution in [0.2, 0.25) is 0 Å². The van der Waals surface area contributed by atoms with Crippen LogP contribution in [-0.4, -0.2) is 32.4 Å². The number of carbonyl (C=O) groups excluding carboxylic acids is 2. The molecular weight excluding hydrogens is 472 g/mol. The largest absolute Gasteiger partial charge is 0.352 e. The summed E-state index contributed by atoms with van der Waals surface area (Å²) in [5.41, 5.74) is 5.35. The number of nitrogens with one attached hydrogen (secondary N) is 3. The van der Waals surface area contributed by atoms with Gasteiger partial charge in [0.25, 0.3) is 5.69 Å². The lowest BCUT2D eigenvalue weighted by atomic mass is 9.90. The molecule has 0 fully saturated rings. The zero-order valence-corrected chi connectivity index (χ0v) is 19.8. The van der Waals surface area contributed by atoms with Gasteiger partial charge in [0.2, 0.25) is 11.8 Å². The van der Waals surface area contributed by atoms with Gasteiger partial charge in [0.15, 0.2) is 0 Å². The average Bonchev–Trinajstić information content (AvgIpc) is 3.54. The van der Waals surface area contributed by atoms with Crippen LogP contribution in [0.25, 0.3) is 11.3 Å². The van der Waals surface area contributed by atoms with Crippen LogP contribution in [0.5, 0.6) is 0 Å². The highest BCUT2D eigenvalue weighted by atomic mass is 16.6. The van der Waals surface area contributed by atoms with Crippen molar-refractivity contribution in [3.8, 4) is 11.3 Å². The predicted octanol–water partition coefficient (Wildman–Crippen LogP) is 4.48. The van der Waals surface area contributed by atoms with Gasteiger partial charge < -0.3 is 15.6 Å². The number of non-ortho nitro benzene ring substituents is 1. The van der Waals surface area contributed by atoms with Gasteiger partial charge in [-0.2, -0.15) is 0 Å². The summed E-state index contributed by atoms with van der Waals surface area (Å²) in [7, 11) is 0. The van der Waals surface area contributed by atoms with Crippen molar-refractivity contribution in [2.75, 3.05) is 5.32 Å². The Labute approximate surface area is 211 Å². The summed E-state index contributed by atoms with van der Waals surface area (Å²) in [5.74, 6) is -1.29.